The van der Waals surface area contributed by atoms with Gasteiger partial charge in [-0.25, -0.2) is 4.79 Å². The predicted octanol–water partition coefficient (Wildman–Crippen LogP) is 6.76. The number of halogens is 3. The lowest BCUT2D eigenvalue weighted by Crippen LogP contribution is -2.05. The van der Waals surface area contributed by atoms with E-state index in [1.54, 1.807) is 19.1 Å². The quantitative estimate of drug-likeness (QED) is 0.352. The van der Waals surface area contributed by atoms with Crippen molar-refractivity contribution >= 4 is 11.0 Å². The van der Waals surface area contributed by atoms with Gasteiger partial charge < -0.3 is 4.42 Å². The van der Waals surface area contributed by atoms with Gasteiger partial charge in [-0.3, -0.25) is 0 Å². The Bertz CT molecular complexity index is 1270. The van der Waals surface area contributed by atoms with Crippen LogP contribution in [0.25, 0.3) is 33.2 Å². The van der Waals surface area contributed by atoms with Crippen LogP contribution in [0.1, 0.15) is 16.7 Å². The van der Waals surface area contributed by atoms with Gasteiger partial charge in [0, 0.05) is 17.0 Å². The molecule has 4 rings (SSSR count). The van der Waals surface area contributed by atoms with Gasteiger partial charge >= 0.3 is 11.8 Å². The van der Waals surface area contributed by atoms with Crippen molar-refractivity contribution in [2.75, 3.05) is 0 Å². The summed E-state index contributed by atoms with van der Waals surface area (Å²) in [5, 5.41) is 0.716. The van der Waals surface area contributed by atoms with Crippen LogP contribution < -0.4 is 5.63 Å². The number of alkyl halides is 3. The van der Waals surface area contributed by atoms with Crippen molar-refractivity contribution in [3.63, 3.8) is 0 Å². The van der Waals surface area contributed by atoms with E-state index in [2.05, 4.69) is 0 Å². The van der Waals surface area contributed by atoms with E-state index in [4.69, 9.17) is 4.42 Å². The van der Waals surface area contributed by atoms with Gasteiger partial charge in [0.2, 0.25) is 0 Å². The van der Waals surface area contributed by atoms with Crippen LogP contribution in [0, 0.1) is 13.8 Å². The largest absolute Gasteiger partial charge is 0.423 e. The Kier molecular flexibility index (Phi) is 4.53. The zero-order valence-corrected chi connectivity index (χ0v) is 15.8. The highest BCUT2D eigenvalue weighted by Crippen LogP contribution is 2.39. The maximum absolute atomic E-state index is 13.2. The van der Waals surface area contributed by atoms with Crippen molar-refractivity contribution in [2.24, 2.45) is 0 Å². The third-order valence-corrected chi connectivity index (χ3v) is 5.04. The molecule has 0 saturated heterocycles. The first-order chi connectivity index (χ1) is 13.8. The molecule has 1 aromatic heterocycles. The van der Waals surface area contributed by atoms with Gasteiger partial charge in [-0.2, -0.15) is 13.2 Å². The molecule has 0 aliphatic heterocycles. The van der Waals surface area contributed by atoms with Gasteiger partial charge in [-0.1, -0.05) is 42.5 Å². The average Bonchev–Trinajstić information content (AvgIpc) is 2.67. The van der Waals surface area contributed by atoms with Gasteiger partial charge in [-0.05, 0) is 59.9 Å². The third-order valence-electron chi connectivity index (χ3n) is 5.04. The van der Waals surface area contributed by atoms with Gasteiger partial charge in [0.25, 0.3) is 0 Å². The van der Waals surface area contributed by atoms with E-state index in [1.165, 1.54) is 12.1 Å². The fourth-order valence-corrected chi connectivity index (χ4v) is 3.83. The predicted molar refractivity (Wildman–Crippen MR) is 108 cm³/mol. The molecule has 29 heavy (non-hydrogen) atoms. The van der Waals surface area contributed by atoms with Crippen molar-refractivity contribution in [2.45, 2.75) is 20.0 Å². The van der Waals surface area contributed by atoms with Crippen LogP contribution in [0.4, 0.5) is 13.2 Å². The second-order valence-electron chi connectivity index (χ2n) is 6.99. The second-order valence-corrected chi connectivity index (χ2v) is 6.99. The molecule has 0 atom stereocenters. The summed E-state index contributed by atoms with van der Waals surface area (Å²) < 4.78 is 45.1. The molecule has 146 valence electrons. The molecule has 0 unspecified atom stereocenters. The van der Waals surface area contributed by atoms with Crippen LogP contribution in [0.15, 0.2) is 75.9 Å². The average molecular weight is 394 g/mol. The molecular weight excluding hydrogens is 377 g/mol. The number of hydrogen-bond donors (Lipinski definition) is 0. The van der Waals surface area contributed by atoms with Crippen LogP contribution in [-0.4, -0.2) is 0 Å². The van der Waals surface area contributed by atoms with Gasteiger partial charge in [0.1, 0.15) is 5.58 Å². The highest BCUT2D eigenvalue weighted by Gasteiger charge is 2.30. The Morgan fingerprint density at radius 1 is 0.828 bits per heavy atom. The molecule has 0 radical (unpaired) electrons. The lowest BCUT2D eigenvalue weighted by Gasteiger charge is -2.17. The topological polar surface area (TPSA) is 30.2 Å². The van der Waals surface area contributed by atoms with Crippen molar-refractivity contribution in [1.29, 1.82) is 0 Å². The molecule has 4 aromatic rings. The highest BCUT2D eigenvalue weighted by atomic mass is 19.4. The smallest absolute Gasteiger partial charge is 0.416 e. The molecule has 0 N–H and O–H groups in total. The van der Waals surface area contributed by atoms with Crippen LogP contribution in [0.2, 0.25) is 0 Å². The van der Waals surface area contributed by atoms with Crippen LogP contribution in [0.3, 0.4) is 0 Å². The first-order valence-corrected chi connectivity index (χ1v) is 9.07. The first kappa shape index (κ1) is 19.0. The SMILES string of the molecule is Cc1cc2oc(=O)cc(-c3ccccc3)c2c(C)c1-c1cccc(C(F)(F)F)c1. The number of benzene rings is 3. The Hall–Kier alpha value is -3.34. The number of hydrogen-bond acceptors (Lipinski definition) is 2. The van der Waals surface area contributed by atoms with E-state index in [-0.39, 0.29) is 0 Å². The minimum atomic E-state index is -4.42. The van der Waals surface area contributed by atoms with Gasteiger partial charge in [-0.15, -0.1) is 0 Å². The molecule has 0 amide bonds. The van der Waals surface area contributed by atoms with Crippen molar-refractivity contribution in [3.8, 4) is 22.3 Å². The van der Waals surface area contributed by atoms with Crippen molar-refractivity contribution < 1.29 is 17.6 Å². The Morgan fingerprint density at radius 3 is 2.21 bits per heavy atom. The lowest BCUT2D eigenvalue weighted by atomic mass is 9.89. The van der Waals surface area contributed by atoms with Crippen LogP contribution >= 0.6 is 0 Å². The third kappa shape index (κ3) is 3.44. The molecule has 0 saturated carbocycles. The lowest BCUT2D eigenvalue weighted by molar-refractivity contribution is -0.137. The van der Waals surface area contributed by atoms with Gasteiger partial charge in [0.15, 0.2) is 0 Å². The number of rotatable bonds is 2. The molecule has 2 nitrogen and oxygen atoms in total. The second kappa shape index (κ2) is 6.92. The molecule has 0 aliphatic carbocycles. The zero-order valence-electron chi connectivity index (χ0n) is 15.8. The van der Waals surface area contributed by atoms with Crippen LogP contribution in [-0.2, 0) is 6.18 Å². The zero-order chi connectivity index (χ0) is 20.8. The van der Waals surface area contributed by atoms with E-state index in [0.29, 0.717) is 27.7 Å². The van der Waals surface area contributed by atoms with Gasteiger partial charge in [0.05, 0.1) is 5.56 Å². The first-order valence-electron chi connectivity index (χ1n) is 9.07. The summed E-state index contributed by atoms with van der Waals surface area (Å²) in [6.07, 6.45) is -4.42. The summed E-state index contributed by atoms with van der Waals surface area (Å²) in [5.41, 5.74) is 3.47. The van der Waals surface area contributed by atoms with E-state index in [0.717, 1.165) is 28.8 Å². The monoisotopic (exact) mass is 394 g/mol. The molecule has 0 bridgehead atoms. The van der Waals surface area contributed by atoms with E-state index in [1.807, 2.05) is 37.3 Å². The number of fused-ring (bicyclic) bond motifs is 1. The summed E-state index contributed by atoms with van der Waals surface area (Å²) in [6, 6.07) is 17.8. The standard InChI is InChI=1S/C24H17F3O2/c1-14-11-20-23(19(13-21(28)29-20)16-7-4-3-5-8-16)15(2)22(14)17-9-6-10-18(12-17)24(25,26)27/h3-13H,1-2H3. The Morgan fingerprint density at radius 2 is 1.52 bits per heavy atom. The number of aryl methyl sites for hydroxylation is 2. The molecule has 0 aliphatic rings. The van der Waals surface area contributed by atoms with Crippen molar-refractivity contribution in [3.05, 3.63) is 93.8 Å². The molecule has 3 aromatic carbocycles. The fraction of sp³-hybridized carbons (Fsp3) is 0.125. The molecule has 1 heterocycles. The molecular formula is C24H17F3O2. The molecule has 0 spiro atoms. The van der Waals surface area contributed by atoms with Crippen molar-refractivity contribution in [1.82, 2.24) is 0 Å². The maximum atomic E-state index is 13.2. The van der Waals surface area contributed by atoms with Crippen LogP contribution in [0.5, 0.6) is 0 Å². The Labute approximate surface area is 165 Å². The molecule has 0 fully saturated rings. The Balaban J connectivity index is 2.06. The minimum Gasteiger partial charge on any atom is -0.423 e. The molecule has 5 heteroatoms. The normalized spacial score (nSPS) is 11.8. The fourth-order valence-electron chi connectivity index (χ4n) is 3.83. The summed E-state index contributed by atoms with van der Waals surface area (Å²) in [5.74, 6) is 0. The highest BCUT2D eigenvalue weighted by molar-refractivity contribution is 6.00. The summed E-state index contributed by atoms with van der Waals surface area (Å²) in [7, 11) is 0. The van der Waals surface area contributed by atoms with E-state index >= 15 is 0 Å². The van der Waals surface area contributed by atoms with E-state index in [9.17, 15) is 18.0 Å². The minimum absolute atomic E-state index is 0.419. The summed E-state index contributed by atoms with van der Waals surface area (Å²) >= 11 is 0. The summed E-state index contributed by atoms with van der Waals surface area (Å²) in [6.45, 7) is 3.65. The van der Waals surface area contributed by atoms with E-state index < -0.39 is 17.4 Å². The summed E-state index contributed by atoms with van der Waals surface area (Å²) in [4.78, 5) is 12.1. The maximum Gasteiger partial charge on any atom is 0.416 e.